The molecule has 64 heavy (non-hydrogen) atoms. The molecule has 2 aliphatic rings. The van der Waals surface area contributed by atoms with Crippen molar-refractivity contribution in [2.75, 3.05) is 14.7 Å². The normalized spacial score (nSPS) is 12.5. The Morgan fingerprint density at radius 1 is 0.219 bits per heavy atom. The average molecular weight is 818 g/mol. The van der Waals surface area contributed by atoms with Gasteiger partial charge in [0.15, 0.2) is 0 Å². The van der Waals surface area contributed by atoms with Gasteiger partial charge in [-0.2, -0.15) is 0 Å². The van der Waals surface area contributed by atoms with Crippen molar-refractivity contribution in [1.29, 1.82) is 0 Å². The molecule has 302 valence electrons. The maximum Gasteiger partial charge on any atom is 0.0726 e. The van der Waals surface area contributed by atoms with Crippen molar-refractivity contribution in [3.05, 3.63) is 283 Å². The predicted molar refractivity (Wildman–Crippen MR) is 267 cm³/mol. The van der Waals surface area contributed by atoms with Crippen molar-refractivity contribution in [1.82, 2.24) is 0 Å². The fraction of sp³-hybridized carbons (Fsp3) is 0.0164. The fourth-order valence-electron chi connectivity index (χ4n) is 10.5. The lowest BCUT2D eigenvalue weighted by atomic mass is 9.70. The van der Waals surface area contributed by atoms with Crippen molar-refractivity contribution in [3.8, 4) is 22.3 Å². The molecule has 0 radical (unpaired) electrons. The Morgan fingerprint density at radius 3 is 0.938 bits per heavy atom. The maximum atomic E-state index is 2.48. The highest BCUT2D eigenvalue weighted by Gasteiger charge is 2.52. The van der Waals surface area contributed by atoms with E-state index in [2.05, 4.69) is 276 Å². The van der Waals surface area contributed by atoms with E-state index in [9.17, 15) is 0 Å². The number of rotatable bonds is 9. The Bertz CT molecular complexity index is 3040. The molecule has 10 aromatic carbocycles. The zero-order valence-corrected chi connectivity index (χ0v) is 35.2. The Kier molecular flexibility index (Phi) is 9.05. The molecule has 2 aliphatic carbocycles. The minimum Gasteiger partial charge on any atom is -0.310 e. The van der Waals surface area contributed by atoms with Crippen molar-refractivity contribution < 1.29 is 0 Å². The Morgan fingerprint density at radius 2 is 0.516 bits per heavy atom. The van der Waals surface area contributed by atoms with E-state index in [0.29, 0.717) is 0 Å². The van der Waals surface area contributed by atoms with Crippen LogP contribution in [0, 0.1) is 0 Å². The number of hydrogen-bond acceptors (Lipinski definition) is 3. The summed E-state index contributed by atoms with van der Waals surface area (Å²) in [7, 11) is 0. The molecule has 0 heterocycles. The van der Waals surface area contributed by atoms with Crippen molar-refractivity contribution in [2.45, 2.75) is 5.41 Å². The lowest BCUT2D eigenvalue weighted by molar-refractivity contribution is 0.794. The van der Waals surface area contributed by atoms with Crippen LogP contribution < -0.4 is 14.7 Å². The van der Waals surface area contributed by atoms with E-state index < -0.39 is 5.41 Å². The second kappa shape index (κ2) is 15.5. The molecule has 10 aromatic rings. The minimum atomic E-state index is -0.473. The zero-order chi connectivity index (χ0) is 42.5. The smallest absolute Gasteiger partial charge is 0.0726 e. The zero-order valence-electron chi connectivity index (χ0n) is 35.2. The standard InChI is InChI=1S/C61H43N3/c1-5-22-44(23-6-1)62(45-24-7-2-8-25-45)48-30-19-32-50(42-48)64(51-33-20-31-49(43-51)63(46-26-9-3-10-27-46)47-28-11-4-12-29-47)59-41-21-40-58-60(59)54-36-15-18-39-57(54)61(58)55-37-16-13-34-52(55)53-35-14-17-38-56(53)61/h1-43H. The average Bonchev–Trinajstić information content (AvgIpc) is 3.84. The maximum absolute atomic E-state index is 2.48. The lowest BCUT2D eigenvalue weighted by Crippen LogP contribution is -2.26. The summed E-state index contributed by atoms with van der Waals surface area (Å²) in [5.41, 5.74) is 19.6. The first kappa shape index (κ1) is 37.4. The van der Waals surface area contributed by atoms with Crippen LogP contribution in [-0.2, 0) is 5.41 Å². The molecule has 0 N–H and O–H groups in total. The van der Waals surface area contributed by atoms with E-state index in [-0.39, 0.29) is 0 Å². The van der Waals surface area contributed by atoms with E-state index >= 15 is 0 Å². The van der Waals surface area contributed by atoms with Gasteiger partial charge in [0.05, 0.1) is 11.1 Å². The van der Waals surface area contributed by atoms with Crippen LogP contribution in [0.4, 0.5) is 51.2 Å². The van der Waals surface area contributed by atoms with Gasteiger partial charge in [0, 0.05) is 51.1 Å². The summed E-state index contributed by atoms with van der Waals surface area (Å²) >= 11 is 0. The van der Waals surface area contributed by atoms with E-state index in [4.69, 9.17) is 0 Å². The molecule has 3 nitrogen and oxygen atoms in total. The minimum absolute atomic E-state index is 0.473. The molecule has 1 spiro atoms. The summed E-state index contributed by atoms with van der Waals surface area (Å²) in [6.07, 6.45) is 0. The van der Waals surface area contributed by atoms with Gasteiger partial charge in [-0.15, -0.1) is 0 Å². The second-order valence-corrected chi connectivity index (χ2v) is 16.5. The quantitative estimate of drug-likeness (QED) is 0.144. The van der Waals surface area contributed by atoms with Crippen molar-refractivity contribution in [3.63, 3.8) is 0 Å². The van der Waals surface area contributed by atoms with Gasteiger partial charge >= 0.3 is 0 Å². The van der Waals surface area contributed by atoms with Crippen LogP contribution in [0.5, 0.6) is 0 Å². The summed E-state index contributed by atoms with van der Waals surface area (Å²) in [5, 5.41) is 0. The van der Waals surface area contributed by atoms with Crippen LogP contribution in [0.1, 0.15) is 22.3 Å². The number of fused-ring (bicyclic) bond motifs is 10. The largest absolute Gasteiger partial charge is 0.310 e. The van der Waals surface area contributed by atoms with Crippen LogP contribution >= 0.6 is 0 Å². The predicted octanol–water partition coefficient (Wildman–Crippen LogP) is 16.4. The Labute approximate surface area is 375 Å². The van der Waals surface area contributed by atoms with E-state index in [0.717, 1.165) is 51.2 Å². The van der Waals surface area contributed by atoms with Crippen molar-refractivity contribution >= 4 is 51.2 Å². The topological polar surface area (TPSA) is 9.72 Å². The first-order valence-electron chi connectivity index (χ1n) is 22.0. The number of para-hydroxylation sites is 4. The van der Waals surface area contributed by atoms with Gasteiger partial charge in [-0.3, -0.25) is 0 Å². The third kappa shape index (κ3) is 5.90. The molecule has 0 unspecified atom stereocenters. The van der Waals surface area contributed by atoms with Crippen LogP contribution in [-0.4, -0.2) is 0 Å². The molecule has 3 heteroatoms. The third-order valence-corrected chi connectivity index (χ3v) is 13.0. The van der Waals surface area contributed by atoms with E-state index in [1.54, 1.807) is 0 Å². The molecule has 0 saturated heterocycles. The molecule has 0 fully saturated rings. The monoisotopic (exact) mass is 817 g/mol. The molecule has 0 bridgehead atoms. The highest BCUT2D eigenvalue weighted by molar-refractivity contribution is 6.01. The first-order chi connectivity index (χ1) is 31.8. The van der Waals surface area contributed by atoms with Crippen LogP contribution in [0.2, 0.25) is 0 Å². The summed E-state index contributed by atoms with van der Waals surface area (Å²) in [5.74, 6) is 0. The van der Waals surface area contributed by atoms with Crippen LogP contribution in [0.25, 0.3) is 22.3 Å². The van der Waals surface area contributed by atoms with Crippen LogP contribution in [0.3, 0.4) is 0 Å². The molecular weight excluding hydrogens is 775 g/mol. The molecular formula is C61H43N3. The third-order valence-electron chi connectivity index (χ3n) is 13.0. The number of benzene rings is 10. The number of anilines is 9. The first-order valence-corrected chi connectivity index (χ1v) is 22.0. The van der Waals surface area contributed by atoms with Gasteiger partial charge in [0.2, 0.25) is 0 Å². The van der Waals surface area contributed by atoms with Gasteiger partial charge in [-0.1, -0.05) is 170 Å². The number of hydrogen-bond donors (Lipinski definition) is 0. The van der Waals surface area contributed by atoms with Gasteiger partial charge in [-0.05, 0) is 130 Å². The fourth-order valence-corrected chi connectivity index (χ4v) is 10.5. The van der Waals surface area contributed by atoms with Crippen molar-refractivity contribution in [2.24, 2.45) is 0 Å². The highest BCUT2D eigenvalue weighted by atomic mass is 15.2. The summed E-state index contributed by atoms with van der Waals surface area (Å²) < 4.78 is 0. The SMILES string of the molecule is c1ccc(N(c2ccccc2)c2cccc(N(c3cccc(N(c4ccccc4)c4ccccc4)c3)c3cccc4c3-c3ccccc3C43c4ccccc4-c4ccccc43)c2)cc1. The van der Waals surface area contributed by atoms with E-state index in [1.165, 1.54) is 44.5 Å². The molecule has 0 aliphatic heterocycles. The Hall–Kier alpha value is -8.40. The molecule has 0 saturated carbocycles. The lowest BCUT2D eigenvalue weighted by Gasteiger charge is -2.33. The summed E-state index contributed by atoms with van der Waals surface area (Å²) in [6.45, 7) is 0. The molecule has 0 aromatic heterocycles. The molecule has 0 atom stereocenters. The second-order valence-electron chi connectivity index (χ2n) is 16.5. The summed E-state index contributed by atoms with van der Waals surface area (Å²) in [4.78, 5) is 7.17. The van der Waals surface area contributed by atoms with Crippen LogP contribution in [0.15, 0.2) is 261 Å². The summed E-state index contributed by atoms with van der Waals surface area (Å²) in [6, 6.07) is 94.8. The molecule has 12 rings (SSSR count). The van der Waals surface area contributed by atoms with Gasteiger partial charge in [0.1, 0.15) is 0 Å². The molecule has 0 amide bonds. The van der Waals surface area contributed by atoms with Gasteiger partial charge in [0.25, 0.3) is 0 Å². The van der Waals surface area contributed by atoms with Gasteiger partial charge in [-0.25, -0.2) is 0 Å². The highest BCUT2D eigenvalue weighted by Crippen LogP contribution is 2.64. The Balaban J connectivity index is 1.12. The van der Waals surface area contributed by atoms with Gasteiger partial charge < -0.3 is 14.7 Å². The number of nitrogens with zero attached hydrogens (tertiary/aromatic N) is 3. The van der Waals surface area contributed by atoms with E-state index in [1.807, 2.05) is 0 Å².